The Labute approximate surface area is 350 Å². The van der Waals surface area contributed by atoms with Crippen LogP contribution in [0.5, 0.6) is 0 Å². The number of rotatable bonds is 7. The zero-order valence-corrected chi connectivity index (χ0v) is 33.2. The number of aromatic nitrogens is 3. The Kier molecular flexibility index (Phi) is 8.54. The molecule has 1 aromatic heterocycles. The Balaban J connectivity index is 0.973. The van der Waals surface area contributed by atoms with Crippen molar-refractivity contribution in [3.05, 3.63) is 186 Å². The molecule has 4 aliphatic rings. The highest BCUT2D eigenvalue weighted by Crippen LogP contribution is 2.66. The fourth-order valence-corrected chi connectivity index (χ4v) is 11.3. The van der Waals surface area contributed by atoms with Crippen LogP contribution in [0.4, 0.5) is 0 Å². The lowest BCUT2D eigenvalue weighted by atomic mass is 9.41. The molecule has 1 heterocycles. The van der Waals surface area contributed by atoms with E-state index in [0.29, 0.717) is 40.4 Å². The molecular weight excluding hydrogens is 731 g/mol. The van der Waals surface area contributed by atoms with Gasteiger partial charge < -0.3 is 0 Å². The van der Waals surface area contributed by atoms with E-state index in [-0.39, 0.29) is 10.8 Å². The summed E-state index contributed by atoms with van der Waals surface area (Å²) in [5, 5.41) is 21.4. The fourth-order valence-electron chi connectivity index (χ4n) is 11.3. The van der Waals surface area contributed by atoms with Crippen molar-refractivity contribution in [1.29, 1.82) is 10.5 Å². The zero-order chi connectivity index (χ0) is 40.3. The third-order valence-electron chi connectivity index (χ3n) is 13.7. The van der Waals surface area contributed by atoms with Crippen LogP contribution in [0, 0.1) is 34.5 Å². The number of fused-ring (bicyclic) bond motifs is 1. The summed E-state index contributed by atoms with van der Waals surface area (Å²) < 4.78 is 0. The molecule has 7 aromatic carbocycles. The predicted molar refractivity (Wildman–Crippen MR) is 238 cm³/mol. The van der Waals surface area contributed by atoms with Crippen molar-refractivity contribution in [2.45, 2.75) is 49.4 Å². The van der Waals surface area contributed by atoms with Crippen molar-refractivity contribution in [1.82, 2.24) is 15.0 Å². The minimum atomic E-state index is 0.0558. The van der Waals surface area contributed by atoms with Crippen LogP contribution in [-0.4, -0.2) is 15.0 Å². The molecule has 4 saturated carbocycles. The van der Waals surface area contributed by atoms with Gasteiger partial charge in [0.25, 0.3) is 0 Å². The molecule has 4 aliphatic carbocycles. The Hall–Kier alpha value is -7.21. The van der Waals surface area contributed by atoms with E-state index in [9.17, 15) is 10.5 Å². The highest BCUT2D eigenvalue weighted by atomic mass is 15.0. The maximum Gasteiger partial charge on any atom is 0.164 e. The number of nitriles is 2. The van der Waals surface area contributed by atoms with E-state index in [0.717, 1.165) is 39.6 Å². The second-order valence-corrected chi connectivity index (χ2v) is 17.5. The van der Waals surface area contributed by atoms with Gasteiger partial charge in [0.05, 0.1) is 23.3 Å². The SMILES string of the molecule is N#Cc1ccc(-c2cc(-c3ccc(C#N)cc3)cc(C34CC5CC(CC(c6ccc(-c7nc(-c8ccccc8)nc(-c8ccc9ccccc9c8)n7)cc6)(C5)C3)C4)c2)cc1. The van der Waals surface area contributed by atoms with Gasteiger partial charge in [0, 0.05) is 16.7 Å². The highest BCUT2D eigenvalue weighted by Gasteiger charge is 2.58. The molecule has 0 saturated heterocycles. The molecule has 12 rings (SSSR count). The predicted octanol–water partition coefficient (Wildman–Crippen LogP) is 12.9. The van der Waals surface area contributed by atoms with Crippen LogP contribution >= 0.6 is 0 Å². The monoisotopic (exact) mass is 771 g/mol. The number of hydrogen-bond acceptors (Lipinski definition) is 5. The summed E-state index contributed by atoms with van der Waals surface area (Å²) in [7, 11) is 0. The largest absolute Gasteiger partial charge is 0.208 e. The van der Waals surface area contributed by atoms with Crippen molar-refractivity contribution in [3.8, 4) is 68.6 Å². The standard InChI is InChI=1S/C55H41N5/c56-33-36-10-14-41(15-11-36)47-26-48(42-16-12-37(34-57)13-17-42)28-50(27-47)55-31-38-24-39(32-55)30-54(29-38,35-55)49-22-20-44(21-23-49)52-58-51(43-7-2-1-3-8-43)59-53(60-52)46-19-18-40-6-4-5-9-45(40)25-46/h1-23,25-28,38-39H,24,29-32,35H2. The average Bonchev–Trinajstić information content (AvgIpc) is 3.31. The number of hydrogen-bond donors (Lipinski definition) is 0. The van der Waals surface area contributed by atoms with Gasteiger partial charge in [-0.15, -0.1) is 0 Å². The van der Waals surface area contributed by atoms with Gasteiger partial charge in [-0.05, 0) is 142 Å². The van der Waals surface area contributed by atoms with Gasteiger partial charge in [0.15, 0.2) is 17.5 Å². The van der Waals surface area contributed by atoms with E-state index in [1.165, 1.54) is 59.7 Å². The zero-order valence-electron chi connectivity index (χ0n) is 33.2. The third-order valence-corrected chi connectivity index (χ3v) is 13.7. The van der Waals surface area contributed by atoms with E-state index in [4.69, 9.17) is 15.0 Å². The minimum Gasteiger partial charge on any atom is -0.208 e. The lowest BCUT2D eigenvalue weighted by Crippen LogP contribution is -2.55. The van der Waals surface area contributed by atoms with Crippen LogP contribution in [0.1, 0.15) is 60.8 Å². The van der Waals surface area contributed by atoms with E-state index < -0.39 is 0 Å². The quantitative estimate of drug-likeness (QED) is 0.161. The molecule has 2 unspecified atom stereocenters. The molecule has 0 spiro atoms. The van der Waals surface area contributed by atoms with Gasteiger partial charge >= 0.3 is 0 Å². The fraction of sp³-hybridized carbons (Fsp3) is 0.182. The first-order valence-electron chi connectivity index (χ1n) is 21.0. The van der Waals surface area contributed by atoms with Crippen LogP contribution in [0.25, 0.3) is 67.2 Å². The lowest BCUT2D eigenvalue weighted by Gasteiger charge is -2.63. The van der Waals surface area contributed by atoms with Crippen molar-refractivity contribution >= 4 is 10.8 Å². The first-order chi connectivity index (χ1) is 29.4. The molecule has 0 N–H and O–H groups in total. The topological polar surface area (TPSA) is 86.2 Å². The maximum atomic E-state index is 9.52. The van der Waals surface area contributed by atoms with Crippen LogP contribution in [0.2, 0.25) is 0 Å². The molecule has 0 radical (unpaired) electrons. The lowest BCUT2D eigenvalue weighted by molar-refractivity contribution is -0.0281. The first-order valence-corrected chi connectivity index (χ1v) is 21.0. The molecule has 2 atom stereocenters. The first kappa shape index (κ1) is 35.9. The summed E-state index contributed by atoms with van der Waals surface area (Å²) in [6.45, 7) is 0. The van der Waals surface area contributed by atoms with Gasteiger partial charge in [0.2, 0.25) is 0 Å². The summed E-state index contributed by atoms with van der Waals surface area (Å²) in [5.41, 5.74) is 11.8. The van der Waals surface area contributed by atoms with Gasteiger partial charge in [-0.25, -0.2) is 15.0 Å². The Morgan fingerprint density at radius 2 is 0.867 bits per heavy atom. The smallest absolute Gasteiger partial charge is 0.164 e. The van der Waals surface area contributed by atoms with E-state index >= 15 is 0 Å². The summed E-state index contributed by atoms with van der Waals surface area (Å²) in [5.74, 6) is 3.35. The second kappa shape index (κ2) is 14.3. The molecule has 5 heteroatoms. The molecular formula is C55H41N5. The molecule has 4 fully saturated rings. The normalized spacial score (nSPS) is 21.4. The molecule has 60 heavy (non-hydrogen) atoms. The van der Waals surface area contributed by atoms with Crippen molar-refractivity contribution in [2.24, 2.45) is 11.8 Å². The van der Waals surface area contributed by atoms with Crippen molar-refractivity contribution in [3.63, 3.8) is 0 Å². The second-order valence-electron chi connectivity index (χ2n) is 17.5. The van der Waals surface area contributed by atoms with E-state index in [1.807, 2.05) is 42.5 Å². The van der Waals surface area contributed by atoms with Gasteiger partial charge in [-0.1, -0.05) is 127 Å². The van der Waals surface area contributed by atoms with Crippen molar-refractivity contribution < 1.29 is 0 Å². The van der Waals surface area contributed by atoms with Gasteiger partial charge in [-0.3, -0.25) is 0 Å². The summed E-state index contributed by atoms with van der Waals surface area (Å²) in [6.07, 6.45) is 7.28. The van der Waals surface area contributed by atoms with Crippen LogP contribution < -0.4 is 0 Å². The van der Waals surface area contributed by atoms with Crippen LogP contribution in [0.15, 0.2) is 164 Å². The van der Waals surface area contributed by atoms with Crippen molar-refractivity contribution in [2.75, 3.05) is 0 Å². The van der Waals surface area contributed by atoms with Crippen LogP contribution in [0.3, 0.4) is 0 Å². The number of benzene rings is 7. The highest BCUT2D eigenvalue weighted by molar-refractivity contribution is 5.86. The minimum absolute atomic E-state index is 0.0558. The third kappa shape index (κ3) is 6.35. The van der Waals surface area contributed by atoms with Crippen LogP contribution in [-0.2, 0) is 10.8 Å². The number of nitrogens with zero attached hydrogens (tertiary/aromatic N) is 5. The average molecular weight is 772 g/mol. The summed E-state index contributed by atoms with van der Waals surface area (Å²) in [4.78, 5) is 15.2. The van der Waals surface area contributed by atoms with E-state index in [2.05, 4.69) is 133 Å². The molecule has 0 aliphatic heterocycles. The Bertz CT molecular complexity index is 2920. The maximum absolute atomic E-state index is 9.52. The molecule has 286 valence electrons. The Morgan fingerprint density at radius 1 is 0.400 bits per heavy atom. The molecule has 8 aromatic rings. The van der Waals surface area contributed by atoms with E-state index in [1.54, 1.807) is 0 Å². The summed E-state index contributed by atoms with van der Waals surface area (Å²) >= 11 is 0. The Morgan fingerprint density at radius 3 is 1.43 bits per heavy atom. The molecule has 5 nitrogen and oxygen atoms in total. The summed E-state index contributed by atoms with van der Waals surface area (Å²) in [6, 6.07) is 61.9. The molecule has 4 bridgehead atoms. The molecule has 0 amide bonds. The van der Waals surface area contributed by atoms with Gasteiger partial charge in [-0.2, -0.15) is 10.5 Å². The van der Waals surface area contributed by atoms with Gasteiger partial charge in [0.1, 0.15) is 0 Å².